The molecule has 0 radical (unpaired) electrons. The summed E-state index contributed by atoms with van der Waals surface area (Å²) in [5.41, 5.74) is 1.51. The zero-order valence-corrected chi connectivity index (χ0v) is 20.0. The normalized spacial score (nSPS) is 27.5. The molecule has 3 amide bonds. The summed E-state index contributed by atoms with van der Waals surface area (Å²) in [5, 5.41) is 30.0. The lowest BCUT2D eigenvalue weighted by molar-refractivity contribution is -0.144. The fourth-order valence-electron chi connectivity index (χ4n) is 6.35. The maximum atomic E-state index is 13.6. The molecule has 4 N–H and O–H groups in total. The number of hydrogen-bond acceptors (Lipinski definition) is 6. The lowest BCUT2D eigenvalue weighted by atomic mass is 9.87. The van der Waals surface area contributed by atoms with Gasteiger partial charge in [0.05, 0.1) is 24.0 Å². The Morgan fingerprint density at radius 1 is 0.971 bits per heavy atom. The first-order valence-corrected chi connectivity index (χ1v) is 12.6. The Labute approximate surface area is 205 Å². The fourth-order valence-corrected chi connectivity index (χ4v) is 6.35. The monoisotopic (exact) mass is 488 g/mol. The molecule has 35 heavy (non-hydrogen) atoms. The van der Waals surface area contributed by atoms with Gasteiger partial charge in [-0.05, 0) is 37.8 Å². The highest BCUT2D eigenvalue weighted by atomic mass is 16.5. The predicted octanol–water partition coefficient (Wildman–Crippen LogP) is 1.91. The van der Waals surface area contributed by atoms with Crippen molar-refractivity contribution in [3.63, 3.8) is 0 Å². The van der Waals surface area contributed by atoms with Crippen LogP contribution >= 0.6 is 0 Å². The van der Waals surface area contributed by atoms with Gasteiger partial charge in [-0.25, -0.2) is 10.3 Å². The van der Waals surface area contributed by atoms with Crippen LogP contribution in [0.2, 0.25) is 0 Å². The molecule has 1 aromatic carbocycles. The molecule has 10 nitrogen and oxygen atoms in total. The van der Waals surface area contributed by atoms with E-state index in [-0.39, 0.29) is 24.8 Å². The Balaban J connectivity index is 1.53. The van der Waals surface area contributed by atoms with Gasteiger partial charge in [-0.3, -0.25) is 19.7 Å². The van der Waals surface area contributed by atoms with Crippen LogP contribution in [-0.4, -0.2) is 87.5 Å². The summed E-state index contributed by atoms with van der Waals surface area (Å²) in [5.74, 6) is -2.67. The molecule has 1 saturated heterocycles. The number of carboxylic acid groups (broad SMARTS) is 1. The van der Waals surface area contributed by atoms with E-state index in [1.165, 1.54) is 4.90 Å². The van der Waals surface area contributed by atoms with Crippen molar-refractivity contribution < 1.29 is 29.8 Å². The number of anilines is 1. The van der Waals surface area contributed by atoms with Crippen LogP contribution in [0.4, 0.5) is 10.5 Å². The molecule has 3 atom stereocenters. The number of aliphatic hydroxyl groups is 1. The number of nitrogens with one attached hydrogen (secondary N) is 1. The molecule has 10 heteroatoms. The van der Waals surface area contributed by atoms with Gasteiger partial charge in [0.1, 0.15) is 0 Å². The summed E-state index contributed by atoms with van der Waals surface area (Å²) in [4.78, 5) is 43.9. The van der Waals surface area contributed by atoms with Crippen LogP contribution in [-0.2, 0) is 9.59 Å². The molecule has 1 heterocycles. The quantitative estimate of drug-likeness (QED) is 0.355. The van der Waals surface area contributed by atoms with Crippen molar-refractivity contribution in [2.75, 3.05) is 37.7 Å². The van der Waals surface area contributed by atoms with Crippen LogP contribution in [0, 0.1) is 11.8 Å². The summed E-state index contributed by atoms with van der Waals surface area (Å²) in [6, 6.07) is 9.69. The Kier molecular flexibility index (Phi) is 7.81. The minimum absolute atomic E-state index is 0.000912. The third-order valence-electron chi connectivity index (χ3n) is 8.11. The maximum Gasteiger partial charge on any atom is 0.408 e. The molecule has 2 saturated carbocycles. The van der Waals surface area contributed by atoms with Gasteiger partial charge >= 0.3 is 6.09 Å². The van der Waals surface area contributed by atoms with Gasteiger partial charge in [0, 0.05) is 37.9 Å². The third kappa shape index (κ3) is 5.08. The summed E-state index contributed by atoms with van der Waals surface area (Å²) in [7, 11) is 0. The maximum absolute atomic E-state index is 13.6. The van der Waals surface area contributed by atoms with Gasteiger partial charge in [0.2, 0.25) is 11.8 Å². The highest BCUT2D eigenvalue weighted by Crippen LogP contribution is 2.46. The Morgan fingerprint density at radius 3 is 2.17 bits per heavy atom. The van der Waals surface area contributed by atoms with Gasteiger partial charge in [-0.15, -0.1) is 0 Å². The molecule has 0 spiro atoms. The van der Waals surface area contributed by atoms with Crippen molar-refractivity contribution in [1.82, 2.24) is 15.3 Å². The van der Waals surface area contributed by atoms with E-state index in [0.717, 1.165) is 24.9 Å². The van der Waals surface area contributed by atoms with Crippen molar-refractivity contribution in [2.45, 2.75) is 56.5 Å². The average Bonchev–Trinajstić information content (AvgIpc) is 3.29. The zero-order chi connectivity index (χ0) is 25.0. The van der Waals surface area contributed by atoms with Crippen molar-refractivity contribution in [2.24, 2.45) is 11.8 Å². The van der Waals surface area contributed by atoms with E-state index in [9.17, 15) is 29.8 Å². The molecule has 2 aliphatic carbocycles. The number of hydroxylamine groups is 1. The molecule has 0 bridgehead atoms. The summed E-state index contributed by atoms with van der Waals surface area (Å²) in [6.07, 6.45) is 3.17. The van der Waals surface area contributed by atoms with E-state index in [2.05, 4.69) is 4.90 Å². The van der Waals surface area contributed by atoms with E-state index >= 15 is 0 Å². The molecule has 192 valence electrons. The van der Waals surface area contributed by atoms with Crippen LogP contribution in [0.5, 0.6) is 0 Å². The lowest BCUT2D eigenvalue weighted by Crippen LogP contribution is -2.58. The molecule has 1 aromatic rings. The van der Waals surface area contributed by atoms with Crippen LogP contribution in [0.1, 0.15) is 44.9 Å². The van der Waals surface area contributed by atoms with E-state index in [4.69, 9.17) is 0 Å². The standard InChI is InChI=1S/C25H36N4O6/c30-17-25(29(24(33)34)19-9-5-2-6-10-19)15-20(22(31)26-35)21(16-25)23(32)28-13-11-27(12-14-28)18-7-3-1-4-8-18/h1,3-4,7-8,19-21,30,35H,2,5-6,9-17H2,(H,26,31)(H,33,34)/t20?,21-,25?/m0/s1. The molecule has 3 fully saturated rings. The number of para-hydroxylation sites is 1. The van der Waals surface area contributed by atoms with Gasteiger partial charge in [-0.2, -0.15) is 0 Å². The lowest BCUT2D eigenvalue weighted by Gasteiger charge is -2.45. The molecular weight excluding hydrogens is 452 g/mol. The number of carbonyl (C=O) groups excluding carboxylic acids is 2. The predicted molar refractivity (Wildman–Crippen MR) is 128 cm³/mol. The van der Waals surface area contributed by atoms with Crippen molar-refractivity contribution in [1.29, 1.82) is 0 Å². The zero-order valence-electron chi connectivity index (χ0n) is 20.0. The van der Waals surface area contributed by atoms with Crippen LogP contribution < -0.4 is 10.4 Å². The van der Waals surface area contributed by atoms with Crippen molar-refractivity contribution >= 4 is 23.6 Å². The number of piperazine rings is 1. The van der Waals surface area contributed by atoms with E-state index < -0.39 is 36.0 Å². The number of rotatable bonds is 6. The number of aliphatic hydroxyl groups excluding tert-OH is 1. The number of carbonyl (C=O) groups is 3. The Bertz CT molecular complexity index is 900. The molecule has 2 unspecified atom stereocenters. The van der Waals surface area contributed by atoms with Crippen LogP contribution in [0.15, 0.2) is 30.3 Å². The van der Waals surface area contributed by atoms with Gasteiger partial charge in [0.25, 0.3) is 0 Å². The number of benzene rings is 1. The van der Waals surface area contributed by atoms with E-state index in [0.29, 0.717) is 39.0 Å². The van der Waals surface area contributed by atoms with Gasteiger partial charge in [-0.1, -0.05) is 37.5 Å². The SMILES string of the molecule is O=C(NO)C1CC(CO)(N(C(=O)O)C2CCCCC2)C[C@@H]1C(=O)N1CCN(c2ccccc2)CC1. The van der Waals surface area contributed by atoms with Crippen LogP contribution in [0.3, 0.4) is 0 Å². The first-order valence-electron chi connectivity index (χ1n) is 12.6. The largest absolute Gasteiger partial charge is 0.465 e. The van der Waals surface area contributed by atoms with Gasteiger partial charge in [0.15, 0.2) is 0 Å². The highest BCUT2D eigenvalue weighted by molar-refractivity contribution is 5.88. The first kappa shape index (κ1) is 25.2. The summed E-state index contributed by atoms with van der Waals surface area (Å²) in [6.45, 7) is 1.78. The molecule has 0 aromatic heterocycles. The minimum atomic E-state index is -1.24. The topological polar surface area (TPSA) is 134 Å². The van der Waals surface area contributed by atoms with E-state index in [1.54, 1.807) is 10.4 Å². The Morgan fingerprint density at radius 2 is 1.60 bits per heavy atom. The molecule has 3 aliphatic rings. The summed E-state index contributed by atoms with van der Waals surface area (Å²) >= 11 is 0. The molecular formula is C25H36N4O6. The first-order chi connectivity index (χ1) is 16.9. The Hall–Kier alpha value is -2.85. The fraction of sp³-hybridized carbons (Fsp3) is 0.640. The van der Waals surface area contributed by atoms with Crippen LogP contribution in [0.25, 0.3) is 0 Å². The summed E-state index contributed by atoms with van der Waals surface area (Å²) < 4.78 is 0. The van der Waals surface area contributed by atoms with Crippen molar-refractivity contribution in [3.05, 3.63) is 30.3 Å². The van der Waals surface area contributed by atoms with Crippen molar-refractivity contribution in [3.8, 4) is 0 Å². The number of nitrogens with zero attached hydrogens (tertiary/aromatic N) is 3. The third-order valence-corrected chi connectivity index (χ3v) is 8.11. The van der Waals surface area contributed by atoms with Gasteiger partial charge < -0.3 is 20.0 Å². The highest BCUT2D eigenvalue weighted by Gasteiger charge is 2.56. The second kappa shape index (κ2) is 10.8. The molecule has 4 rings (SSSR count). The average molecular weight is 489 g/mol. The smallest absolute Gasteiger partial charge is 0.408 e. The number of hydrogen-bond donors (Lipinski definition) is 4. The van der Waals surface area contributed by atoms with E-state index in [1.807, 2.05) is 30.3 Å². The minimum Gasteiger partial charge on any atom is -0.465 e. The number of amides is 3. The second-order valence-corrected chi connectivity index (χ2v) is 10.1. The molecule has 1 aliphatic heterocycles. The second-order valence-electron chi connectivity index (χ2n) is 10.1.